The van der Waals surface area contributed by atoms with E-state index in [9.17, 15) is 4.79 Å². The Bertz CT molecular complexity index is 253. The van der Waals surface area contributed by atoms with Crippen LogP contribution in [-0.4, -0.2) is 42.0 Å². The lowest BCUT2D eigenvalue weighted by atomic mass is 10.3. The third kappa shape index (κ3) is 14.0. The highest BCUT2D eigenvalue weighted by atomic mass is 28.4. The maximum atomic E-state index is 11.6. The van der Waals surface area contributed by atoms with Gasteiger partial charge in [-0.25, -0.2) is 0 Å². The van der Waals surface area contributed by atoms with Crippen molar-refractivity contribution in [1.29, 1.82) is 0 Å². The first-order chi connectivity index (χ1) is 8.40. The van der Waals surface area contributed by atoms with Gasteiger partial charge < -0.3 is 9.02 Å². The Morgan fingerprint density at radius 1 is 1.25 bits per heavy atom. The van der Waals surface area contributed by atoms with Gasteiger partial charge >= 0.3 is 0 Å². The van der Waals surface area contributed by atoms with Crippen molar-refractivity contribution in [3.05, 3.63) is 12.7 Å². The number of carbonyl (C=O) groups excluding carboxylic acids is 1. The van der Waals surface area contributed by atoms with Crippen LogP contribution < -0.4 is 0 Å². The lowest BCUT2D eigenvalue weighted by Crippen LogP contribution is -2.32. The fraction of sp³-hybridized carbons (Fsp3) is 0.800. The Morgan fingerprint density at radius 3 is 2.25 bits per heavy atom. The molecule has 0 aromatic rings. The van der Waals surface area contributed by atoms with Crippen LogP contribution in [-0.2, 0) is 8.91 Å². The summed E-state index contributed by atoms with van der Waals surface area (Å²) in [6, 6.07) is 1.16. The van der Waals surface area contributed by atoms with Crippen LogP contribution in [0.2, 0.25) is 25.7 Å². The first-order valence-corrected chi connectivity index (χ1v) is 11.9. The maximum Gasteiger partial charge on any atom is 0.245 e. The molecule has 1 amide bonds. The van der Waals surface area contributed by atoms with E-state index >= 15 is 0 Å². The van der Waals surface area contributed by atoms with Crippen molar-refractivity contribution in [1.82, 2.24) is 4.90 Å². The van der Waals surface area contributed by atoms with Gasteiger partial charge in [-0.1, -0.05) is 34.8 Å². The summed E-state index contributed by atoms with van der Waals surface area (Å²) in [5.41, 5.74) is 0. The molecule has 0 aromatic carbocycles. The SMILES string of the molecule is C.C.C=CC(=O)N(CCCC)CCC[SiH2]O[Si](C)(C)C. The molecular formula is C15H37NO2Si2. The smallest absolute Gasteiger partial charge is 0.245 e. The van der Waals surface area contributed by atoms with Gasteiger partial charge in [0.1, 0.15) is 9.76 Å². The van der Waals surface area contributed by atoms with E-state index < -0.39 is 8.32 Å². The van der Waals surface area contributed by atoms with Gasteiger partial charge in [-0.2, -0.15) is 0 Å². The van der Waals surface area contributed by atoms with Crippen LogP contribution in [0.3, 0.4) is 0 Å². The Labute approximate surface area is 130 Å². The minimum absolute atomic E-state index is 0. The van der Waals surface area contributed by atoms with Crippen LogP contribution in [0.4, 0.5) is 0 Å². The van der Waals surface area contributed by atoms with Gasteiger partial charge in [-0.05, 0) is 44.6 Å². The van der Waals surface area contributed by atoms with E-state index in [1.807, 2.05) is 4.90 Å². The predicted octanol–water partition coefficient (Wildman–Crippen LogP) is 3.82. The third-order valence-electron chi connectivity index (χ3n) is 2.63. The first-order valence-electron chi connectivity index (χ1n) is 6.96. The summed E-state index contributed by atoms with van der Waals surface area (Å²) in [7, 11) is -1.71. The summed E-state index contributed by atoms with van der Waals surface area (Å²) in [6.07, 6.45) is 4.68. The zero-order valence-corrected chi connectivity index (χ0v) is 14.9. The average molecular weight is 320 g/mol. The highest BCUT2D eigenvalue weighted by Crippen LogP contribution is 2.05. The molecule has 0 atom stereocenters. The minimum atomic E-state index is -1.32. The van der Waals surface area contributed by atoms with E-state index in [2.05, 4.69) is 33.1 Å². The lowest BCUT2D eigenvalue weighted by Gasteiger charge is -2.21. The second-order valence-corrected chi connectivity index (χ2v) is 12.0. The van der Waals surface area contributed by atoms with E-state index in [0.717, 1.165) is 38.4 Å². The Kier molecular flexibility index (Phi) is 16.7. The fourth-order valence-electron chi connectivity index (χ4n) is 1.59. The van der Waals surface area contributed by atoms with Crippen LogP contribution in [0.25, 0.3) is 0 Å². The number of rotatable bonds is 10. The molecule has 0 unspecified atom stereocenters. The molecular weight excluding hydrogens is 282 g/mol. The summed E-state index contributed by atoms with van der Waals surface area (Å²) in [5.74, 6) is 0.0660. The molecule has 0 aliphatic carbocycles. The van der Waals surface area contributed by atoms with Crippen molar-refractivity contribution in [2.24, 2.45) is 0 Å². The van der Waals surface area contributed by atoms with E-state index in [1.165, 1.54) is 6.08 Å². The topological polar surface area (TPSA) is 29.5 Å². The number of unbranched alkanes of at least 4 members (excludes halogenated alkanes) is 1. The second-order valence-electron chi connectivity index (χ2n) is 5.55. The molecule has 122 valence electrons. The minimum Gasteiger partial charge on any atom is -0.461 e. The third-order valence-corrected chi connectivity index (χ3v) is 7.69. The van der Waals surface area contributed by atoms with Gasteiger partial charge in [0.2, 0.25) is 5.91 Å². The highest BCUT2D eigenvalue weighted by Gasteiger charge is 2.13. The highest BCUT2D eigenvalue weighted by molar-refractivity contribution is 6.73. The van der Waals surface area contributed by atoms with E-state index in [-0.39, 0.29) is 30.5 Å². The lowest BCUT2D eigenvalue weighted by molar-refractivity contribution is -0.126. The molecule has 0 heterocycles. The molecule has 5 heteroatoms. The summed E-state index contributed by atoms with van der Waals surface area (Å²) in [6.45, 7) is 14.1. The van der Waals surface area contributed by atoms with Gasteiger partial charge in [0.25, 0.3) is 0 Å². The normalized spacial score (nSPS) is 10.8. The van der Waals surface area contributed by atoms with Gasteiger partial charge in [0.15, 0.2) is 8.32 Å². The summed E-state index contributed by atoms with van der Waals surface area (Å²) >= 11 is 0. The second kappa shape index (κ2) is 13.6. The number of carbonyl (C=O) groups is 1. The zero-order valence-electron chi connectivity index (χ0n) is 12.5. The molecule has 3 nitrogen and oxygen atoms in total. The molecule has 0 saturated heterocycles. The molecule has 0 radical (unpaired) electrons. The molecule has 0 saturated carbocycles. The van der Waals surface area contributed by atoms with Crippen molar-refractivity contribution < 1.29 is 8.91 Å². The van der Waals surface area contributed by atoms with Crippen molar-refractivity contribution >= 4 is 24.0 Å². The van der Waals surface area contributed by atoms with Crippen LogP contribution in [0, 0.1) is 0 Å². The molecule has 0 aliphatic heterocycles. The predicted molar refractivity (Wildman–Crippen MR) is 97.5 cm³/mol. The van der Waals surface area contributed by atoms with Crippen LogP contribution in [0.15, 0.2) is 12.7 Å². The summed E-state index contributed by atoms with van der Waals surface area (Å²) < 4.78 is 5.93. The van der Waals surface area contributed by atoms with Gasteiger partial charge in [-0.15, -0.1) is 0 Å². The molecule has 0 spiro atoms. The number of hydrogen-bond donors (Lipinski definition) is 0. The molecule has 0 fully saturated rings. The summed E-state index contributed by atoms with van der Waals surface area (Å²) in [4.78, 5) is 13.6. The van der Waals surface area contributed by atoms with Gasteiger partial charge in [-0.3, -0.25) is 4.79 Å². The molecule has 20 heavy (non-hydrogen) atoms. The van der Waals surface area contributed by atoms with Crippen molar-refractivity contribution in [3.8, 4) is 0 Å². The van der Waals surface area contributed by atoms with Crippen molar-refractivity contribution in [2.45, 2.75) is 66.7 Å². The van der Waals surface area contributed by atoms with Crippen molar-refractivity contribution in [2.75, 3.05) is 13.1 Å². The fourth-order valence-corrected chi connectivity index (χ4v) is 5.05. The monoisotopic (exact) mass is 319 g/mol. The summed E-state index contributed by atoms with van der Waals surface area (Å²) in [5, 5.41) is 0. The first kappa shape index (κ1) is 24.6. The Morgan fingerprint density at radius 2 is 1.80 bits per heavy atom. The molecule has 0 rings (SSSR count). The Balaban J connectivity index is -0.00000144. The average Bonchev–Trinajstić information content (AvgIpc) is 2.30. The molecule has 0 N–H and O–H groups in total. The molecule has 0 bridgehead atoms. The van der Waals surface area contributed by atoms with E-state index in [0.29, 0.717) is 0 Å². The van der Waals surface area contributed by atoms with Crippen LogP contribution in [0.1, 0.15) is 41.0 Å². The van der Waals surface area contributed by atoms with E-state index in [1.54, 1.807) is 0 Å². The number of nitrogens with zero attached hydrogens (tertiary/aromatic N) is 1. The zero-order chi connectivity index (χ0) is 14.0. The molecule has 0 aromatic heterocycles. The van der Waals surface area contributed by atoms with Crippen LogP contribution >= 0.6 is 0 Å². The number of amides is 1. The number of hydrogen-bond acceptors (Lipinski definition) is 2. The van der Waals surface area contributed by atoms with Gasteiger partial charge in [0, 0.05) is 13.1 Å². The quantitative estimate of drug-likeness (QED) is 0.348. The van der Waals surface area contributed by atoms with Crippen molar-refractivity contribution in [3.63, 3.8) is 0 Å². The van der Waals surface area contributed by atoms with Crippen LogP contribution in [0.5, 0.6) is 0 Å². The maximum absolute atomic E-state index is 11.6. The largest absolute Gasteiger partial charge is 0.461 e. The molecule has 0 aliphatic rings. The standard InChI is InChI=1S/C13H29NO2Si2.2CH4/c1-6-8-10-14(13(15)7-2)11-9-12-17-16-18(3,4)5;;/h7H,2,6,8-12,17H2,1,3-5H3;2*1H4. The Hall–Kier alpha value is -0.396. The van der Waals surface area contributed by atoms with E-state index in [4.69, 9.17) is 4.12 Å². The van der Waals surface area contributed by atoms with Gasteiger partial charge in [0.05, 0.1) is 0 Å².